The summed E-state index contributed by atoms with van der Waals surface area (Å²) in [5.41, 5.74) is 9.70. The van der Waals surface area contributed by atoms with E-state index in [9.17, 15) is 24.0 Å². The zero-order chi connectivity index (χ0) is 38.8. The molecule has 16 nitrogen and oxygen atoms in total. The summed E-state index contributed by atoms with van der Waals surface area (Å²) >= 11 is 6.22. The topological polar surface area (TPSA) is 202 Å². The Morgan fingerprint density at radius 1 is 1.04 bits per heavy atom. The van der Waals surface area contributed by atoms with Gasteiger partial charge in [-0.2, -0.15) is 15.5 Å². The van der Waals surface area contributed by atoms with Crippen LogP contribution in [0.1, 0.15) is 74.7 Å². The molecule has 2 aromatic heterocycles. The molecule has 5 amide bonds. The highest BCUT2D eigenvalue weighted by Crippen LogP contribution is 2.31. The van der Waals surface area contributed by atoms with E-state index in [2.05, 4.69) is 31.4 Å². The van der Waals surface area contributed by atoms with Crippen LogP contribution in [0.5, 0.6) is 0 Å². The van der Waals surface area contributed by atoms with Gasteiger partial charge in [0.15, 0.2) is 0 Å². The highest BCUT2D eigenvalue weighted by atomic mass is 35.5. The number of aromatic nitrogens is 4. The number of nitrogens with two attached hydrogens (primary N) is 1. The van der Waals surface area contributed by atoms with E-state index >= 15 is 0 Å². The Hall–Kier alpha value is -5.89. The Labute approximate surface area is 321 Å². The Bertz CT molecular complexity index is 2220. The van der Waals surface area contributed by atoms with Crippen LogP contribution in [-0.4, -0.2) is 104 Å². The minimum absolute atomic E-state index is 0.0731. The number of ether oxygens (including phenoxy) is 1. The van der Waals surface area contributed by atoms with Crippen molar-refractivity contribution in [3.05, 3.63) is 87.8 Å². The molecule has 55 heavy (non-hydrogen) atoms. The molecule has 4 aromatic rings. The summed E-state index contributed by atoms with van der Waals surface area (Å²) in [6, 6.07) is 14.8. The van der Waals surface area contributed by atoms with Crippen LogP contribution in [-0.2, 0) is 27.5 Å². The van der Waals surface area contributed by atoms with Gasteiger partial charge >= 0.3 is 0 Å². The average molecular weight is 767 g/mol. The summed E-state index contributed by atoms with van der Waals surface area (Å²) in [6.07, 6.45) is 2.82. The van der Waals surface area contributed by atoms with Gasteiger partial charge in [-0.05, 0) is 62.2 Å². The molecule has 2 fully saturated rings. The predicted octanol–water partition coefficient (Wildman–Crippen LogP) is 2.76. The van der Waals surface area contributed by atoms with Crippen LogP contribution in [0, 0.1) is 11.3 Å². The van der Waals surface area contributed by atoms with E-state index in [0.717, 1.165) is 61.0 Å². The first kappa shape index (κ1) is 37.4. The zero-order valence-corrected chi connectivity index (χ0v) is 30.9. The molecular weight excluding hydrogens is 728 g/mol. The minimum Gasteiger partial charge on any atom is -0.375 e. The maximum Gasteiger partial charge on any atom is 0.269 e. The first-order valence-corrected chi connectivity index (χ1v) is 18.4. The highest BCUT2D eigenvalue weighted by Gasteiger charge is 2.44. The number of nitriles is 1. The van der Waals surface area contributed by atoms with Crippen LogP contribution in [0.2, 0.25) is 5.02 Å². The number of hydrogen-bond donors (Lipinski definition) is 2. The van der Waals surface area contributed by atoms with Crippen molar-refractivity contribution in [2.75, 3.05) is 44.2 Å². The van der Waals surface area contributed by atoms with E-state index in [0.29, 0.717) is 29.4 Å². The normalized spacial score (nSPS) is 18.0. The first-order chi connectivity index (χ1) is 26.5. The second-order valence-corrected chi connectivity index (χ2v) is 14.2. The standard InChI is InChI=1S/C38H39ClN10O6/c1-23(21-47-11-9-31(43-47)24-3-4-25(20-40)30(39)17-24)49-27(19-32(44-49)35(41)51)22-55-16-2-10-45-12-14-46(15-13-45)26-5-6-28-29(18-26)38(54)48(37(28)53)33-7-8-34(50)42-36(33)52/h3-6,9,11,17-19,23,33H,2,7-8,10,12-16,21-22H2,1H3,(H2,41,51)(H,42,50,52)/t23-,33?/m0/s1. The number of benzene rings is 2. The number of carbonyl (C=O) groups excluding carboxylic acids is 5. The lowest BCUT2D eigenvalue weighted by Gasteiger charge is -2.36. The fourth-order valence-electron chi connectivity index (χ4n) is 7.23. The largest absolute Gasteiger partial charge is 0.375 e. The molecule has 3 aliphatic rings. The number of carbonyl (C=O) groups is 5. The minimum atomic E-state index is -0.996. The van der Waals surface area contributed by atoms with Gasteiger partial charge in [0, 0.05) is 63.2 Å². The van der Waals surface area contributed by atoms with Crippen molar-refractivity contribution >= 4 is 46.8 Å². The van der Waals surface area contributed by atoms with Gasteiger partial charge in [0.2, 0.25) is 11.8 Å². The monoisotopic (exact) mass is 766 g/mol. The van der Waals surface area contributed by atoms with E-state index in [1.54, 1.807) is 45.8 Å². The predicted molar refractivity (Wildman–Crippen MR) is 199 cm³/mol. The summed E-state index contributed by atoms with van der Waals surface area (Å²) in [5, 5.41) is 20.9. The molecule has 0 aliphatic carbocycles. The third-order valence-corrected chi connectivity index (χ3v) is 10.4. The number of halogens is 1. The molecule has 5 heterocycles. The number of fused-ring (bicyclic) bond motifs is 1. The van der Waals surface area contributed by atoms with Crippen LogP contribution in [0.4, 0.5) is 5.69 Å². The van der Waals surface area contributed by atoms with Crippen molar-refractivity contribution in [1.82, 2.24) is 34.7 Å². The number of primary amides is 1. The van der Waals surface area contributed by atoms with E-state index in [1.165, 1.54) is 0 Å². The fraction of sp³-hybridized carbons (Fsp3) is 0.368. The molecule has 3 N–H and O–H groups in total. The summed E-state index contributed by atoms with van der Waals surface area (Å²) in [5.74, 6) is -2.70. The Morgan fingerprint density at radius 2 is 1.82 bits per heavy atom. The van der Waals surface area contributed by atoms with Crippen LogP contribution >= 0.6 is 11.6 Å². The van der Waals surface area contributed by atoms with Crippen LogP contribution in [0.3, 0.4) is 0 Å². The van der Waals surface area contributed by atoms with Gasteiger partial charge in [0.25, 0.3) is 17.7 Å². The van der Waals surface area contributed by atoms with Gasteiger partial charge in [-0.3, -0.25) is 48.5 Å². The molecule has 3 aliphatic heterocycles. The first-order valence-electron chi connectivity index (χ1n) is 18.0. The van der Waals surface area contributed by atoms with Crippen molar-refractivity contribution in [2.45, 2.75) is 51.4 Å². The van der Waals surface area contributed by atoms with Gasteiger partial charge in [-0.15, -0.1) is 0 Å². The second-order valence-electron chi connectivity index (χ2n) is 13.8. The van der Waals surface area contributed by atoms with Crippen molar-refractivity contribution in [1.29, 1.82) is 5.26 Å². The van der Waals surface area contributed by atoms with Crippen molar-refractivity contribution < 1.29 is 28.7 Å². The fourth-order valence-corrected chi connectivity index (χ4v) is 7.45. The number of rotatable bonds is 13. The number of imide groups is 2. The number of anilines is 1. The number of hydrogen-bond acceptors (Lipinski definition) is 11. The van der Waals surface area contributed by atoms with E-state index < -0.39 is 35.6 Å². The van der Waals surface area contributed by atoms with Crippen molar-refractivity contribution in [3.63, 3.8) is 0 Å². The Kier molecular flexibility index (Phi) is 10.8. The highest BCUT2D eigenvalue weighted by molar-refractivity contribution is 6.32. The maximum absolute atomic E-state index is 13.3. The summed E-state index contributed by atoms with van der Waals surface area (Å²) in [6.45, 7) is 7.03. The molecule has 0 spiro atoms. The summed E-state index contributed by atoms with van der Waals surface area (Å²) in [4.78, 5) is 67.8. The summed E-state index contributed by atoms with van der Waals surface area (Å²) in [7, 11) is 0. The number of piperazine rings is 1. The smallest absolute Gasteiger partial charge is 0.269 e. The van der Waals surface area contributed by atoms with Gasteiger partial charge < -0.3 is 15.4 Å². The molecule has 2 aromatic carbocycles. The van der Waals surface area contributed by atoms with Gasteiger partial charge in [0.05, 0.1) is 52.3 Å². The van der Waals surface area contributed by atoms with Gasteiger partial charge in [-0.1, -0.05) is 17.7 Å². The number of piperidine rings is 1. The van der Waals surface area contributed by atoms with Crippen LogP contribution in [0.15, 0.2) is 54.7 Å². The lowest BCUT2D eigenvalue weighted by molar-refractivity contribution is -0.136. The lowest BCUT2D eigenvalue weighted by atomic mass is 10.0. The van der Waals surface area contributed by atoms with Crippen LogP contribution in [0.25, 0.3) is 11.3 Å². The molecule has 0 radical (unpaired) electrons. The number of amides is 5. The van der Waals surface area contributed by atoms with Crippen LogP contribution < -0.4 is 16.0 Å². The molecular formula is C38H39ClN10O6. The average Bonchev–Trinajstić information content (AvgIpc) is 3.89. The second kappa shape index (κ2) is 15.8. The van der Waals surface area contributed by atoms with E-state index in [-0.39, 0.29) is 42.3 Å². The Balaban J connectivity index is 0.880. The third kappa shape index (κ3) is 7.86. The zero-order valence-electron chi connectivity index (χ0n) is 30.1. The van der Waals surface area contributed by atoms with Crippen molar-refractivity contribution in [2.24, 2.45) is 5.73 Å². The molecule has 17 heteroatoms. The Morgan fingerprint density at radius 3 is 2.55 bits per heavy atom. The summed E-state index contributed by atoms with van der Waals surface area (Å²) < 4.78 is 9.57. The molecule has 0 bridgehead atoms. The lowest BCUT2D eigenvalue weighted by Crippen LogP contribution is -2.54. The van der Waals surface area contributed by atoms with Gasteiger partial charge in [0.1, 0.15) is 17.8 Å². The number of nitrogens with zero attached hydrogens (tertiary/aromatic N) is 8. The van der Waals surface area contributed by atoms with E-state index in [4.69, 9.17) is 27.3 Å². The quantitative estimate of drug-likeness (QED) is 0.150. The van der Waals surface area contributed by atoms with E-state index in [1.807, 2.05) is 25.3 Å². The molecule has 284 valence electrons. The molecule has 0 saturated carbocycles. The maximum atomic E-state index is 13.3. The third-order valence-electron chi connectivity index (χ3n) is 10.1. The molecule has 7 rings (SSSR count). The molecule has 2 saturated heterocycles. The van der Waals surface area contributed by atoms with Gasteiger partial charge in [-0.25, -0.2) is 0 Å². The van der Waals surface area contributed by atoms with Crippen molar-refractivity contribution in [3.8, 4) is 17.3 Å². The molecule has 1 unspecified atom stereocenters. The molecule has 2 atom stereocenters. The number of nitrogens with one attached hydrogen (secondary N) is 1. The SMILES string of the molecule is C[C@@H](Cn1ccc(-c2ccc(C#N)c(Cl)c2)n1)n1nc(C(N)=O)cc1COCCCN1CCN(c2ccc3c(c2)C(=O)N(C2CCC(=O)NC2=O)C3=O)CC1.